The number of hydrogen-bond donors (Lipinski definition) is 1. The van der Waals surface area contributed by atoms with Gasteiger partial charge in [0.05, 0.1) is 6.20 Å². The molecule has 4 heteroatoms. The minimum Gasteiger partial charge on any atom is -0.368 e. The van der Waals surface area contributed by atoms with E-state index in [1.54, 1.807) is 6.20 Å². The van der Waals surface area contributed by atoms with Crippen molar-refractivity contribution >= 4 is 17.6 Å². The van der Waals surface area contributed by atoms with Gasteiger partial charge in [-0.1, -0.05) is 6.08 Å². The van der Waals surface area contributed by atoms with Crippen LogP contribution in [-0.2, 0) is 0 Å². The first-order valence-corrected chi connectivity index (χ1v) is 5.70. The standard InChI is InChI=1S/C10H15N3S/c1-3-5-14-6-4-11-10-7-9(2)8-12-13-10/h3,7-8H,1,4-6H2,2H3,(H,11,13). The Bertz CT molecular complexity index is 288. The molecule has 1 N–H and O–H groups in total. The fourth-order valence-electron chi connectivity index (χ4n) is 0.968. The molecule has 0 aliphatic heterocycles. The Balaban J connectivity index is 2.21. The predicted octanol–water partition coefficient (Wildman–Crippen LogP) is 2.12. The third kappa shape index (κ3) is 4.28. The number of nitrogens with zero attached hydrogens (tertiary/aromatic N) is 2. The van der Waals surface area contributed by atoms with E-state index in [4.69, 9.17) is 0 Å². The van der Waals surface area contributed by atoms with Gasteiger partial charge in [-0.2, -0.15) is 16.9 Å². The van der Waals surface area contributed by atoms with Gasteiger partial charge in [0.1, 0.15) is 5.82 Å². The molecule has 0 aliphatic carbocycles. The minimum atomic E-state index is 0.851. The molecule has 0 aliphatic rings. The van der Waals surface area contributed by atoms with Gasteiger partial charge in [0.15, 0.2) is 0 Å². The van der Waals surface area contributed by atoms with E-state index in [0.29, 0.717) is 0 Å². The molecular formula is C10H15N3S. The van der Waals surface area contributed by atoms with Gasteiger partial charge in [-0.25, -0.2) is 0 Å². The SMILES string of the molecule is C=CCSCCNc1cc(C)cnn1. The Morgan fingerprint density at radius 2 is 2.50 bits per heavy atom. The fourth-order valence-corrected chi connectivity index (χ4v) is 1.55. The topological polar surface area (TPSA) is 37.8 Å². The summed E-state index contributed by atoms with van der Waals surface area (Å²) >= 11 is 1.85. The summed E-state index contributed by atoms with van der Waals surface area (Å²) < 4.78 is 0. The average Bonchev–Trinajstić information content (AvgIpc) is 2.18. The van der Waals surface area contributed by atoms with E-state index in [0.717, 1.165) is 29.4 Å². The van der Waals surface area contributed by atoms with E-state index in [1.807, 2.05) is 30.8 Å². The molecule has 0 amide bonds. The monoisotopic (exact) mass is 209 g/mol. The highest BCUT2D eigenvalue weighted by Crippen LogP contribution is 2.04. The Kier molecular flexibility index (Phi) is 5.07. The van der Waals surface area contributed by atoms with Gasteiger partial charge in [0.25, 0.3) is 0 Å². The molecule has 0 saturated carbocycles. The Morgan fingerprint density at radius 1 is 1.64 bits per heavy atom. The highest BCUT2D eigenvalue weighted by molar-refractivity contribution is 7.99. The molecule has 0 unspecified atom stereocenters. The zero-order valence-electron chi connectivity index (χ0n) is 8.36. The summed E-state index contributed by atoms with van der Waals surface area (Å²) in [5.74, 6) is 2.91. The number of hydrogen-bond acceptors (Lipinski definition) is 4. The van der Waals surface area contributed by atoms with Crippen LogP contribution < -0.4 is 5.32 Å². The van der Waals surface area contributed by atoms with Crippen LogP contribution in [0.25, 0.3) is 0 Å². The second-order valence-corrected chi connectivity index (χ2v) is 4.06. The van der Waals surface area contributed by atoms with Crippen molar-refractivity contribution in [3.05, 3.63) is 30.5 Å². The van der Waals surface area contributed by atoms with Crippen molar-refractivity contribution in [1.82, 2.24) is 10.2 Å². The maximum absolute atomic E-state index is 3.97. The van der Waals surface area contributed by atoms with E-state index in [9.17, 15) is 0 Å². The van der Waals surface area contributed by atoms with Gasteiger partial charge in [0, 0.05) is 18.1 Å². The second-order valence-electron chi connectivity index (χ2n) is 2.91. The average molecular weight is 209 g/mol. The number of nitrogens with one attached hydrogen (secondary N) is 1. The first-order valence-electron chi connectivity index (χ1n) is 4.55. The second kappa shape index (κ2) is 6.43. The summed E-state index contributed by atoms with van der Waals surface area (Å²) in [7, 11) is 0. The van der Waals surface area contributed by atoms with E-state index >= 15 is 0 Å². The van der Waals surface area contributed by atoms with E-state index < -0.39 is 0 Å². The van der Waals surface area contributed by atoms with Crippen molar-refractivity contribution in [2.75, 3.05) is 23.4 Å². The molecule has 3 nitrogen and oxygen atoms in total. The Hall–Kier alpha value is -1.03. The van der Waals surface area contributed by atoms with Crippen LogP contribution in [0, 0.1) is 6.92 Å². The lowest BCUT2D eigenvalue weighted by Gasteiger charge is -2.03. The minimum absolute atomic E-state index is 0.851. The molecule has 76 valence electrons. The summed E-state index contributed by atoms with van der Waals surface area (Å²) in [6, 6.07) is 1.99. The van der Waals surface area contributed by atoms with Crippen molar-refractivity contribution < 1.29 is 0 Å². The number of aromatic nitrogens is 2. The van der Waals surface area contributed by atoms with Crippen LogP contribution in [0.5, 0.6) is 0 Å². The normalized spacial score (nSPS) is 9.79. The van der Waals surface area contributed by atoms with Crippen molar-refractivity contribution in [3.8, 4) is 0 Å². The lowest BCUT2D eigenvalue weighted by molar-refractivity contribution is 1.000. The summed E-state index contributed by atoms with van der Waals surface area (Å²) in [5, 5.41) is 11.0. The summed E-state index contributed by atoms with van der Waals surface area (Å²) in [4.78, 5) is 0. The molecule has 1 heterocycles. The van der Waals surface area contributed by atoms with Gasteiger partial charge in [-0.15, -0.1) is 11.7 Å². The smallest absolute Gasteiger partial charge is 0.148 e. The zero-order chi connectivity index (χ0) is 10.2. The van der Waals surface area contributed by atoms with Crippen molar-refractivity contribution in [2.45, 2.75) is 6.92 Å². The van der Waals surface area contributed by atoms with Crippen LogP contribution in [0.4, 0.5) is 5.82 Å². The van der Waals surface area contributed by atoms with Crippen LogP contribution in [0.1, 0.15) is 5.56 Å². The largest absolute Gasteiger partial charge is 0.368 e. The van der Waals surface area contributed by atoms with Gasteiger partial charge in [-0.05, 0) is 18.6 Å². The van der Waals surface area contributed by atoms with Crippen LogP contribution in [0.3, 0.4) is 0 Å². The van der Waals surface area contributed by atoms with Gasteiger partial charge < -0.3 is 5.32 Å². The fraction of sp³-hybridized carbons (Fsp3) is 0.400. The molecule has 0 atom stereocenters. The molecule has 0 spiro atoms. The highest BCUT2D eigenvalue weighted by Gasteiger charge is 1.93. The number of thioether (sulfide) groups is 1. The number of rotatable bonds is 6. The van der Waals surface area contributed by atoms with Crippen molar-refractivity contribution in [3.63, 3.8) is 0 Å². The van der Waals surface area contributed by atoms with Crippen LogP contribution in [0.2, 0.25) is 0 Å². The quantitative estimate of drug-likeness (QED) is 0.575. The third-order valence-corrected chi connectivity index (χ3v) is 2.54. The summed E-state index contributed by atoms with van der Waals surface area (Å²) in [6.45, 7) is 6.58. The molecular weight excluding hydrogens is 194 g/mol. The number of anilines is 1. The molecule has 1 aromatic heterocycles. The van der Waals surface area contributed by atoms with Gasteiger partial charge >= 0.3 is 0 Å². The maximum atomic E-state index is 3.97. The molecule has 0 saturated heterocycles. The lowest BCUT2D eigenvalue weighted by atomic mass is 10.3. The van der Waals surface area contributed by atoms with Crippen LogP contribution in [0.15, 0.2) is 24.9 Å². The van der Waals surface area contributed by atoms with Crippen molar-refractivity contribution in [2.24, 2.45) is 0 Å². The molecule has 0 radical (unpaired) electrons. The van der Waals surface area contributed by atoms with E-state index in [2.05, 4.69) is 22.1 Å². The summed E-state index contributed by atoms with van der Waals surface area (Å²) in [6.07, 6.45) is 3.66. The highest BCUT2D eigenvalue weighted by atomic mass is 32.2. The number of aryl methyl sites for hydroxylation is 1. The molecule has 1 aromatic rings. The lowest BCUT2D eigenvalue weighted by Crippen LogP contribution is -2.06. The Labute approximate surface area is 89.0 Å². The van der Waals surface area contributed by atoms with Crippen LogP contribution in [-0.4, -0.2) is 28.2 Å². The molecule has 14 heavy (non-hydrogen) atoms. The molecule has 0 aromatic carbocycles. The first kappa shape index (κ1) is 11.0. The first-order chi connectivity index (χ1) is 6.83. The predicted molar refractivity (Wildman–Crippen MR) is 62.8 cm³/mol. The Morgan fingerprint density at radius 3 is 3.21 bits per heavy atom. The zero-order valence-corrected chi connectivity index (χ0v) is 9.18. The molecule has 1 rings (SSSR count). The van der Waals surface area contributed by atoms with Gasteiger partial charge in [-0.3, -0.25) is 0 Å². The van der Waals surface area contributed by atoms with E-state index in [-0.39, 0.29) is 0 Å². The third-order valence-electron chi connectivity index (χ3n) is 1.58. The molecule has 0 fully saturated rings. The van der Waals surface area contributed by atoms with Gasteiger partial charge in [0.2, 0.25) is 0 Å². The van der Waals surface area contributed by atoms with Crippen molar-refractivity contribution in [1.29, 1.82) is 0 Å². The molecule has 0 bridgehead atoms. The maximum Gasteiger partial charge on any atom is 0.148 e. The van der Waals surface area contributed by atoms with E-state index in [1.165, 1.54) is 0 Å². The van der Waals surface area contributed by atoms with Crippen LogP contribution >= 0.6 is 11.8 Å². The summed E-state index contributed by atoms with van der Waals surface area (Å²) in [5.41, 5.74) is 1.13.